The topological polar surface area (TPSA) is 103 Å². The predicted octanol–water partition coefficient (Wildman–Crippen LogP) is 3.72. The number of hydrogen-bond acceptors (Lipinski definition) is 8. The molecule has 30 heavy (non-hydrogen) atoms. The second-order valence-corrected chi connectivity index (χ2v) is 7.07. The maximum absolute atomic E-state index is 12.4. The molecule has 0 unspecified atom stereocenters. The monoisotopic (exact) mass is 429 g/mol. The summed E-state index contributed by atoms with van der Waals surface area (Å²) >= 11 is 0.731. The first-order valence-electron chi connectivity index (χ1n) is 9.21. The average Bonchev–Trinajstić information content (AvgIpc) is 3.29. The summed E-state index contributed by atoms with van der Waals surface area (Å²) in [6.45, 7) is 3.42. The van der Waals surface area contributed by atoms with Gasteiger partial charge in [-0.05, 0) is 49.9 Å². The first-order chi connectivity index (χ1) is 14.4. The van der Waals surface area contributed by atoms with Crippen molar-refractivity contribution in [1.29, 1.82) is 0 Å². The van der Waals surface area contributed by atoms with Gasteiger partial charge >= 0.3 is 11.9 Å². The Morgan fingerprint density at radius 1 is 1.03 bits per heavy atom. The summed E-state index contributed by atoms with van der Waals surface area (Å²) in [7, 11) is 0. The molecule has 3 rings (SSSR count). The van der Waals surface area contributed by atoms with Crippen LogP contribution in [0.3, 0.4) is 0 Å². The zero-order chi connectivity index (χ0) is 21.7. The van der Waals surface area contributed by atoms with Gasteiger partial charge < -0.3 is 13.9 Å². The van der Waals surface area contributed by atoms with Crippen LogP contribution in [-0.4, -0.2) is 47.7 Å². The van der Waals surface area contributed by atoms with E-state index in [1.165, 1.54) is 6.08 Å². The predicted molar refractivity (Wildman–Crippen MR) is 109 cm³/mol. The molecule has 8 nitrogen and oxygen atoms in total. The van der Waals surface area contributed by atoms with Crippen molar-refractivity contribution in [3.05, 3.63) is 52.6 Å². The highest BCUT2D eigenvalue weighted by Gasteiger charge is 2.36. The van der Waals surface area contributed by atoms with E-state index in [9.17, 15) is 19.2 Å². The molecule has 1 aliphatic rings. The van der Waals surface area contributed by atoms with Crippen molar-refractivity contribution in [2.24, 2.45) is 0 Å². The minimum Gasteiger partial charge on any atom is -0.465 e. The molecule has 1 aromatic carbocycles. The van der Waals surface area contributed by atoms with Crippen LogP contribution in [-0.2, 0) is 19.1 Å². The number of amides is 2. The van der Waals surface area contributed by atoms with Crippen LogP contribution in [0.4, 0.5) is 4.79 Å². The van der Waals surface area contributed by atoms with Crippen molar-refractivity contribution < 1.29 is 33.1 Å². The van der Waals surface area contributed by atoms with Crippen molar-refractivity contribution in [3.63, 3.8) is 0 Å². The summed E-state index contributed by atoms with van der Waals surface area (Å²) in [6.07, 6.45) is 1.45. The van der Waals surface area contributed by atoms with Gasteiger partial charge in [0.05, 0.1) is 23.7 Å². The Morgan fingerprint density at radius 2 is 1.73 bits per heavy atom. The number of nitrogens with zero attached hydrogens (tertiary/aromatic N) is 1. The number of hydrogen-bond donors (Lipinski definition) is 0. The minimum atomic E-state index is -0.646. The molecule has 2 amide bonds. The molecule has 0 bridgehead atoms. The third-order valence-corrected chi connectivity index (χ3v) is 4.95. The zero-order valence-electron chi connectivity index (χ0n) is 16.4. The van der Waals surface area contributed by atoms with E-state index in [2.05, 4.69) is 0 Å². The maximum Gasteiger partial charge on any atom is 0.338 e. The molecule has 0 saturated carbocycles. The Kier molecular flexibility index (Phi) is 6.73. The number of carbonyl (C=O) groups is 4. The van der Waals surface area contributed by atoms with Crippen LogP contribution in [0.25, 0.3) is 17.4 Å². The molecule has 1 aliphatic heterocycles. The lowest BCUT2D eigenvalue weighted by molar-refractivity contribution is -0.145. The highest BCUT2D eigenvalue weighted by Crippen LogP contribution is 2.33. The summed E-state index contributed by atoms with van der Waals surface area (Å²) < 4.78 is 15.5. The number of rotatable bonds is 7. The van der Waals surface area contributed by atoms with Crippen molar-refractivity contribution in [2.75, 3.05) is 19.8 Å². The van der Waals surface area contributed by atoms with Gasteiger partial charge in [-0.1, -0.05) is 12.1 Å². The van der Waals surface area contributed by atoms with E-state index in [0.717, 1.165) is 22.2 Å². The second-order valence-electron chi connectivity index (χ2n) is 6.07. The van der Waals surface area contributed by atoms with E-state index in [1.54, 1.807) is 50.2 Å². The van der Waals surface area contributed by atoms with E-state index >= 15 is 0 Å². The molecule has 2 heterocycles. The minimum absolute atomic E-state index is 0.155. The third kappa shape index (κ3) is 4.80. The Bertz CT molecular complexity index is 1010. The Labute approximate surface area is 176 Å². The van der Waals surface area contributed by atoms with Gasteiger partial charge in [0.1, 0.15) is 18.1 Å². The molecular formula is C21H19NO7S. The van der Waals surface area contributed by atoms with Crippen molar-refractivity contribution in [1.82, 2.24) is 4.90 Å². The van der Waals surface area contributed by atoms with Crippen LogP contribution in [0.1, 0.15) is 30.0 Å². The van der Waals surface area contributed by atoms with E-state index in [-0.39, 0.29) is 11.5 Å². The first kappa shape index (κ1) is 21.4. The fourth-order valence-corrected chi connectivity index (χ4v) is 3.49. The summed E-state index contributed by atoms with van der Waals surface area (Å²) in [4.78, 5) is 48.7. The fraction of sp³-hybridized carbons (Fsp3) is 0.238. The molecular weight excluding hydrogens is 410 g/mol. The summed E-state index contributed by atoms with van der Waals surface area (Å²) in [5.41, 5.74) is 1.17. The summed E-state index contributed by atoms with van der Waals surface area (Å²) in [6, 6.07) is 10.1. The molecule has 0 spiro atoms. The molecule has 1 aromatic heterocycles. The van der Waals surface area contributed by atoms with Gasteiger partial charge in [0.2, 0.25) is 0 Å². The summed E-state index contributed by atoms with van der Waals surface area (Å²) in [5, 5.41) is -0.541. The molecule has 1 fully saturated rings. The van der Waals surface area contributed by atoms with Crippen molar-refractivity contribution >= 4 is 40.9 Å². The quantitative estimate of drug-likeness (QED) is 0.485. The molecule has 1 saturated heterocycles. The van der Waals surface area contributed by atoms with Gasteiger partial charge in [-0.25, -0.2) is 4.79 Å². The van der Waals surface area contributed by atoms with Gasteiger partial charge in [0, 0.05) is 11.6 Å². The van der Waals surface area contributed by atoms with Gasteiger partial charge in [-0.15, -0.1) is 0 Å². The number of thioether (sulfide) groups is 1. The smallest absolute Gasteiger partial charge is 0.338 e. The largest absolute Gasteiger partial charge is 0.465 e. The molecule has 156 valence electrons. The number of furan rings is 1. The van der Waals surface area contributed by atoms with E-state index in [4.69, 9.17) is 13.9 Å². The third-order valence-electron chi connectivity index (χ3n) is 4.05. The van der Waals surface area contributed by atoms with Crippen LogP contribution < -0.4 is 0 Å². The number of benzene rings is 1. The average molecular weight is 429 g/mol. The van der Waals surface area contributed by atoms with Gasteiger partial charge in [-0.3, -0.25) is 19.3 Å². The molecule has 0 atom stereocenters. The first-order valence-corrected chi connectivity index (χ1v) is 10.0. The summed E-state index contributed by atoms with van der Waals surface area (Å²) in [5.74, 6) is -0.714. The molecule has 0 N–H and O–H groups in total. The van der Waals surface area contributed by atoms with E-state index in [0.29, 0.717) is 23.7 Å². The number of ether oxygens (including phenoxy) is 2. The van der Waals surface area contributed by atoms with Crippen LogP contribution in [0, 0.1) is 0 Å². The maximum atomic E-state index is 12.4. The van der Waals surface area contributed by atoms with Crippen LogP contribution in [0.5, 0.6) is 0 Å². The van der Waals surface area contributed by atoms with Gasteiger partial charge in [0.15, 0.2) is 0 Å². The van der Waals surface area contributed by atoms with Gasteiger partial charge in [-0.2, -0.15) is 0 Å². The molecule has 2 aromatic rings. The van der Waals surface area contributed by atoms with Crippen LogP contribution in [0.15, 0.2) is 45.7 Å². The standard InChI is InChI=1S/C21H19NO7S/c1-3-27-18(23)12-22-19(24)17(30-21(22)26)11-15-9-10-16(29-15)13-5-7-14(8-6-13)20(25)28-4-2/h5-11H,3-4,12H2,1-2H3/b17-11+. The lowest BCUT2D eigenvalue weighted by atomic mass is 10.1. The van der Waals surface area contributed by atoms with E-state index in [1.807, 2.05) is 0 Å². The van der Waals surface area contributed by atoms with Crippen LogP contribution >= 0.6 is 11.8 Å². The number of imide groups is 1. The van der Waals surface area contributed by atoms with E-state index < -0.39 is 29.6 Å². The Hall–Kier alpha value is -3.33. The van der Waals surface area contributed by atoms with Crippen LogP contribution in [0.2, 0.25) is 0 Å². The lowest BCUT2D eigenvalue weighted by Gasteiger charge is -2.10. The molecule has 9 heteroatoms. The Morgan fingerprint density at radius 3 is 2.40 bits per heavy atom. The Balaban J connectivity index is 1.72. The fourth-order valence-electron chi connectivity index (χ4n) is 2.67. The molecule has 0 radical (unpaired) electrons. The van der Waals surface area contributed by atoms with Crippen molar-refractivity contribution in [2.45, 2.75) is 13.8 Å². The highest BCUT2D eigenvalue weighted by atomic mass is 32.2. The normalized spacial score (nSPS) is 15.0. The lowest BCUT2D eigenvalue weighted by Crippen LogP contribution is -2.34. The van der Waals surface area contributed by atoms with Crippen molar-refractivity contribution in [3.8, 4) is 11.3 Å². The highest BCUT2D eigenvalue weighted by molar-refractivity contribution is 8.18. The second kappa shape index (κ2) is 9.45. The number of carbonyl (C=O) groups excluding carboxylic acids is 4. The zero-order valence-corrected chi connectivity index (χ0v) is 17.2. The van der Waals surface area contributed by atoms with Gasteiger partial charge in [0.25, 0.3) is 11.1 Å². The molecule has 0 aliphatic carbocycles. The SMILES string of the molecule is CCOC(=O)CN1C(=O)S/C(=C/c2ccc(-c3ccc(C(=O)OCC)cc3)o2)C1=O. The number of esters is 2.